The van der Waals surface area contributed by atoms with Crippen LogP contribution in [-0.4, -0.2) is 43.6 Å². The van der Waals surface area contributed by atoms with E-state index in [9.17, 15) is 9.18 Å². The molecule has 0 spiro atoms. The van der Waals surface area contributed by atoms with E-state index in [1.807, 2.05) is 0 Å². The molecule has 3 rings (SSSR count). The lowest BCUT2D eigenvalue weighted by Crippen LogP contribution is -2.13. The highest BCUT2D eigenvalue weighted by atomic mass is 35.5. The van der Waals surface area contributed by atoms with Crippen molar-refractivity contribution in [2.75, 3.05) is 31.1 Å². The van der Waals surface area contributed by atoms with Crippen LogP contribution < -0.4 is 15.5 Å². The Kier molecular flexibility index (Phi) is 9.07. The summed E-state index contributed by atoms with van der Waals surface area (Å²) in [7, 11) is 1.49. The maximum absolute atomic E-state index is 15.1. The van der Waals surface area contributed by atoms with Crippen molar-refractivity contribution < 1.29 is 23.0 Å². The molecule has 0 unspecified atom stereocenters. The van der Waals surface area contributed by atoms with Crippen molar-refractivity contribution in [3.05, 3.63) is 69.8 Å². The second-order valence-electron chi connectivity index (χ2n) is 6.86. The van der Waals surface area contributed by atoms with E-state index in [0.29, 0.717) is 0 Å². The normalized spacial score (nSPS) is 10.9. The van der Waals surface area contributed by atoms with Crippen molar-refractivity contribution >= 4 is 53.0 Å². The molecule has 0 fully saturated rings. The molecule has 1 heterocycles. The lowest BCUT2D eigenvalue weighted by Gasteiger charge is -2.14. The van der Waals surface area contributed by atoms with Gasteiger partial charge >= 0.3 is 0 Å². The minimum absolute atomic E-state index is 0.0320. The molecule has 0 atom stereocenters. The predicted molar refractivity (Wildman–Crippen MR) is 132 cm³/mol. The summed E-state index contributed by atoms with van der Waals surface area (Å²) < 4.78 is 39.2. The number of methoxy groups -OCH3 is 1. The molecule has 3 N–H and O–H groups in total. The first-order chi connectivity index (χ1) is 16.8. The summed E-state index contributed by atoms with van der Waals surface area (Å²) in [6.07, 6.45) is 3.47. The third-order valence-electron chi connectivity index (χ3n) is 4.50. The zero-order valence-corrected chi connectivity index (χ0v) is 19.8. The lowest BCUT2D eigenvalue weighted by atomic mass is 10.0. The second-order valence-corrected chi connectivity index (χ2v) is 7.67. The van der Waals surface area contributed by atoms with Gasteiger partial charge in [-0.05, 0) is 30.3 Å². The van der Waals surface area contributed by atoms with E-state index in [-0.39, 0.29) is 57.2 Å². The third kappa shape index (κ3) is 6.72. The first-order valence-corrected chi connectivity index (χ1v) is 10.8. The Balaban J connectivity index is 1.84. The number of anilines is 2. The SMILES string of the molecule is COCCOc1cc(F)ccc1-c1cc(Cl)c(C(=O)Nc2cnc(N/N=C\C=N)c(Cl)c2)cc1F. The van der Waals surface area contributed by atoms with Crippen LogP contribution in [0.25, 0.3) is 11.1 Å². The van der Waals surface area contributed by atoms with Gasteiger partial charge in [-0.3, -0.25) is 10.2 Å². The van der Waals surface area contributed by atoms with Crippen molar-refractivity contribution in [1.82, 2.24) is 4.98 Å². The Hall–Kier alpha value is -3.60. The number of nitrogens with one attached hydrogen (secondary N) is 3. The fourth-order valence-corrected chi connectivity index (χ4v) is 3.38. The van der Waals surface area contributed by atoms with Crippen molar-refractivity contribution in [1.29, 1.82) is 5.41 Å². The molecule has 12 heteroatoms. The van der Waals surface area contributed by atoms with Gasteiger partial charge in [0.1, 0.15) is 24.0 Å². The van der Waals surface area contributed by atoms with Crippen LogP contribution in [0.4, 0.5) is 20.3 Å². The quantitative estimate of drug-likeness (QED) is 0.181. The molecule has 0 aliphatic heterocycles. The van der Waals surface area contributed by atoms with E-state index in [4.69, 9.17) is 38.1 Å². The van der Waals surface area contributed by atoms with E-state index in [1.54, 1.807) is 0 Å². The van der Waals surface area contributed by atoms with Gasteiger partial charge in [0, 0.05) is 30.5 Å². The summed E-state index contributed by atoms with van der Waals surface area (Å²) in [4.78, 5) is 16.8. The largest absolute Gasteiger partial charge is 0.490 e. The van der Waals surface area contributed by atoms with Gasteiger partial charge in [0.25, 0.3) is 5.91 Å². The molecule has 0 aliphatic carbocycles. The number of ether oxygens (including phenoxy) is 2. The molecule has 2 aromatic carbocycles. The number of hydrogen-bond acceptors (Lipinski definition) is 7. The maximum atomic E-state index is 15.1. The molecule has 0 bridgehead atoms. The van der Waals surface area contributed by atoms with Crippen LogP contribution in [0, 0.1) is 17.0 Å². The summed E-state index contributed by atoms with van der Waals surface area (Å²) in [6, 6.07) is 7.31. The molecule has 1 amide bonds. The smallest absolute Gasteiger partial charge is 0.257 e. The number of hydrogen-bond donors (Lipinski definition) is 3. The average molecular weight is 522 g/mol. The monoisotopic (exact) mass is 521 g/mol. The molecular weight excluding hydrogens is 503 g/mol. The van der Waals surface area contributed by atoms with E-state index in [2.05, 4.69) is 20.8 Å². The van der Waals surface area contributed by atoms with Crippen LogP contribution in [0.1, 0.15) is 10.4 Å². The number of benzene rings is 2. The van der Waals surface area contributed by atoms with Crippen molar-refractivity contribution in [3.63, 3.8) is 0 Å². The first-order valence-electron chi connectivity index (χ1n) is 9.99. The van der Waals surface area contributed by atoms with Crippen LogP contribution >= 0.6 is 23.2 Å². The van der Waals surface area contributed by atoms with Gasteiger partial charge in [-0.15, -0.1) is 0 Å². The zero-order valence-electron chi connectivity index (χ0n) is 18.2. The first kappa shape index (κ1) is 26.0. The Morgan fingerprint density at radius 3 is 2.66 bits per heavy atom. The topological polar surface area (TPSA) is 109 Å². The van der Waals surface area contributed by atoms with Crippen molar-refractivity contribution in [2.24, 2.45) is 5.10 Å². The van der Waals surface area contributed by atoms with Crippen LogP contribution in [0.3, 0.4) is 0 Å². The third-order valence-corrected chi connectivity index (χ3v) is 5.10. The Labute approximate surface area is 209 Å². The lowest BCUT2D eigenvalue weighted by molar-refractivity contribution is 0.102. The van der Waals surface area contributed by atoms with Crippen LogP contribution in [-0.2, 0) is 4.74 Å². The van der Waals surface area contributed by atoms with Gasteiger partial charge in [-0.1, -0.05) is 23.2 Å². The van der Waals surface area contributed by atoms with Gasteiger partial charge in [0.15, 0.2) is 5.82 Å². The molecule has 1 aromatic heterocycles. The predicted octanol–water partition coefficient (Wildman–Crippen LogP) is 5.66. The van der Waals surface area contributed by atoms with Gasteiger partial charge in [-0.2, -0.15) is 5.10 Å². The number of hydrazone groups is 1. The molecule has 3 aromatic rings. The average Bonchev–Trinajstić information content (AvgIpc) is 2.82. The summed E-state index contributed by atoms with van der Waals surface area (Å²) in [5, 5.41) is 13.2. The maximum Gasteiger partial charge on any atom is 0.257 e. The van der Waals surface area contributed by atoms with Gasteiger partial charge in [-0.25, -0.2) is 13.8 Å². The molecule has 8 nitrogen and oxygen atoms in total. The summed E-state index contributed by atoms with van der Waals surface area (Å²) >= 11 is 12.4. The van der Waals surface area contributed by atoms with Crippen molar-refractivity contribution in [3.8, 4) is 16.9 Å². The highest BCUT2D eigenvalue weighted by molar-refractivity contribution is 6.35. The van der Waals surface area contributed by atoms with E-state index >= 15 is 4.39 Å². The van der Waals surface area contributed by atoms with Crippen LogP contribution in [0.15, 0.2) is 47.7 Å². The van der Waals surface area contributed by atoms with Crippen LogP contribution in [0.2, 0.25) is 10.0 Å². The zero-order chi connectivity index (χ0) is 25.4. The number of rotatable bonds is 10. The van der Waals surface area contributed by atoms with Gasteiger partial charge in [0.05, 0.1) is 40.3 Å². The fraction of sp³-hybridized carbons (Fsp3) is 0.130. The highest BCUT2D eigenvalue weighted by Gasteiger charge is 2.19. The number of halogens is 4. The number of pyridine rings is 1. The minimum atomic E-state index is -0.762. The number of nitrogens with zero attached hydrogens (tertiary/aromatic N) is 2. The summed E-state index contributed by atoms with van der Waals surface area (Å²) in [5.41, 5.74) is 2.93. The summed E-state index contributed by atoms with van der Waals surface area (Å²) in [6.45, 7) is 0.383. The van der Waals surface area contributed by atoms with E-state index < -0.39 is 17.5 Å². The molecule has 0 saturated heterocycles. The van der Waals surface area contributed by atoms with Gasteiger partial charge < -0.3 is 20.2 Å². The Morgan fingerprint density at radius 1 is 1.14 bits per heavy atom. The van der Waals surface area contributed by atoms with Crippen LogP contribution in [0.5, 0.6) is 5.75 Å². The van der Waals surface area contributed by atoms with Crippen molar-refractivity contribution in [2.45, 2.75) is 0 Å². The number of amides is 1. The molecule has 0 radical (unpaired) electrons. The Morgan fingerprint density at radius 2 is 1.94 bits per heavy atom. The number of aromatic nitrogens is 1. The van der Waals surface area contributed by atoms with Gasteiger partial charge in [0.2, 0.25) is 0 Å². The fourth-order valence-electron chi connectivity index (χ4n) is 2.92. The minimum Gasteiger partial charge on any atom is -0.490 e. The molecule has 182 valence electrons. The molecule has 35 heavy (non-hydrogen) atoms. The second kappa shape index (κ2) is 12.2. The standard InChI is InChI=1S/C23H19Cl2F2N5O3/c1-34-6-7-35-21-8-13(26)2-3-15(21)16-10-18(24)17(11-20(16)27)23(33)31-14-9-19(25)22(29-12-14)32-30-5-4-28/h2-5,8-12,28H,6-7H2,1H3,(H,29,32)(H,31,33)/b28-4?,30-5-. The molecule has 0 aliphatic rings. The highest BCUT2D eigenvalue weighted by Crippen LogP contribution is 2.36. The Bertz CT molecular complexity index is 1270. The summed E-state index contributed by atoms with van der Waals surface area (Å²) in [5.74, 6) is -1.70. The number of carbonyl (C=O) groups excluding carboxylic acids is 1. The van der Waals surface area contributed by atoms with E-state index in [0.717, 1.165) is 24.4 Å². The van der Waals surface area contributed by atoms with E-state index in [1.165, 1.54) is 37.7 Å². The number of carbonyl (C=O) groups is 1. The molecule has 0 saturated carbocycles. The molecular formula is C23H19Cl2F2N5O3.